The predicted molar refractivity (Wildman–Crippen MR) is 46.5 cm³/mol. The zero-order valence-corrected chi connectivity index (χ0v) is 6.76. The van der Waals surface area contributed by atoms with E-state index in [-0.39, 0.29) is 0 Å². The summed E-state index contributed by atoms with van der Waals surface area (Å²) in [4.78, 5) is 4.12. The van der Waals surface area contributed by atoms with Crippen LogP contribution >= 0.6 is 0 Å². The quantitative estimate of drug-likeness (QED) is 0.507. The van der Waals surface area contributed by atoms with Gasteiger partial charge in [-0.25, -0.2) is 0 Å². The van der Waals surface area contributed by atoms with E-state index in [9.17, 15) is 0 Å². The van der Waals surface area contributed by atoms with Crippen molar-refractivity contribution >= 4 is 13.4 Å². The SMILES string of the molecule is Bc1cc(C(C)C)ccn1. The van der Waals surface area contributed by atoms with Crippen molar-refractivity contribution in [2.75, 3.05) is 0 Å². The molecule has 0 fully saturated rings. The first-order valence-corrected chi connectivity index (χ1v) is 3.62. The number of hydrogen-bond acceptors (Lipinski definition) is 1. The number of rotatable bonds is 1. The highest BCUT2D eigenvalue weighted by Crippen LogP contribution is 2.09. The number of nitrogens with zero attached hydrogens (tertiary/aromatic N) is 1. The van der Waals surface area contributed by atoms with Crippen LogP contribution in [-0.4, -0.2) is 12.8 Å². The van der Waals surface area contributed by atoms with Gasteiger partial charge in [-0.15, -0.1) is 0 Å². The van der Waals surface area contributed by atoms with Gasteiger partial charge in [-0.2, -0.15) is 0 Å². The molecule has 1 heterocycles. The molecule has 0 aromatic carbocycles. The zero-order chi connectivity index (χ0) is 7.56. The molecule has 0 aliphatic carbocycles. The Morgan fingerprint density at radius 1 is 1.50 bits per heavy atom. The van der Waals surface area contributed by atoms with E-state index in [0.717, 1.165) is 5.59 Å². The van der Waals surface area contributed by atoms with E-state index in [1.807, 2.05) is 14.0 Å². The second kappa shape index (κ2) is 2.87. The van der Waals surface area contributed by atoms with Gasteiger partial charge in [-0.05, 0) is 29.2 Å². The second-order valence-corrected chi connectivity index (χ2v) is 2.89. The van der Waals surface area contributed by atoms with Crippen LogP contribution in [-0.2, 0) is 0 Å². The Morgan fingerprint density at radius 2 is 2.20 bits per heavy atom. The fraction of sp³-hybridized carbons (Fsp3) is 0.375. The van der Waals surface area contributed by atoms with Crippen molar-refractivity contribution in [1.29, 1.82) is 0 Å². The lowest BCUT2D eigenvalue weighted by atomic mass is 9.97. The molecule has 1 aromatic heterocycles. The number of hydrogen-bond donors (Lipinski definition) is 0. The van der Waals surface area contributed by atoms with Gasteiger partial charge in [0.05, 0.1) is 0 Å². The topological polar surface area (TPSA) is 12.9 Å². The predicted octanol–water partition coefficient (Wildman–Crippen LogP) is 0.463. The summed E-state index contributed by atoms with van der Waals surface area (Å²) < 4.78 is 0. The lowest BCUT2D eigenvalue weighted by Crippen LogP contribution is -2.08. The molecule has 1 nitrogen and oxygen atoms in total. The van der Waals surface area contributed by atoms with Gasteiger partial charge in [0.15, 0.2) is 7.85 Å². The van der Waals surface area contributed by atoms with Crippen LogP contribution in [0, 0.1) is 0 Å². The molecule has 1 aromatic rings. The Bertz CT molecular complexity index is 220. The summed E-state index contributed by atoms with van der Waals surface area (Å²) in [7, 11) is 2.02. The zero-order valence-electron chi connectivity index (χ0n) is 6.76. The normalized spacial score (nSPS) is 10.3. The van der Waals surface area contributed by atoms with Crippen LogP contribution in [0.3, 0.4) is 0 Å². The molecule has 0 saturated heterocycles. The van der Waals surface area contributed by atoms with Gasteiger partial charge in [0, 0.05) is 6.20 Å². The van der Waals surface area contributed by atoms with Crippen molar-refractivity contribution in [3.63, 3.8) is 0 Å². The maximum absolute atomic E-state index is 4.12. The van der Waals surface area contributed by atoms with Crippen molar-refractivity contribution in [2.24, 2.45) is 0 Å². The first kappa shape index (κ1) is 7.32. The molecule has 0 amide bonds. The largest absolute Gasteiger partial charge is 0.272 e. The highest BCUT2D eigenvalue weighted by molar-refractivity contribution is 6.30. The van der Waals surface area contributed by atoms with Crippen LogP contribution in [0.2, 0.25) is 0 Å². The molecule has 10 heavy (non-hydrogen) atoms. The molecule has 0 aliphatic heterocycles. The molecule has 0 atom stereocenters. The van der Waals surface area contributed by atoms with Crippen LogP contribution in [0.15, 0.2) is 18.3 Å². The van der Waals surface area contributed by atoms with E-state index in [2.05, 4.69) is 31.0 Å². The lowest BCUT2D eigenvalue weighted by Gasteiger charge is -2.03. The van der Waals surface area contributed by atoms with E-state index < -0.39 is 0 Å². The maximum atomic E-state index is 4.12. The number of pyridine rings is 1. The standard InChI is InChI=1S/C8H12BN/c1-6(2)7-3-4-10-8(9)5-7/h3-6H,9H2,1-2H3. The summed E-state index contributed by atoms with van der Waals surface area (Å²) >= 11 is 0. The Labute approximate surface area is 62.9 Å². The first-order chi connectivity index (χ1) is 4.70. The molecule has 52 valence electrons. The van der Waals surface area contributed by atoms with Crippen LogP contribution in [0.1, 0.15) is 25.3 Å². The Morgan fingerprint density at radius 3 is 2.60 bits per heavy atom. The molecule has 0 spiro atoms. The van der Waals surface area contributed by atoms with Crippen molar-refractivity contribution < 1.29 is 0 Å². The molecule has 2 heteroatoms. The van der Waals surface area contributed by atoms with Crippen molar-refractivity contribution in [2.45, 2.75) is 19.8 Å². The molecular formula is C8H12BN. The van der Waals surface area contributed by atoms with Crippen molar-refractivity contribution in [3.05, 3.63) is 23.9 Å². The second-order valence-electron chi connectivity index (χ2n) is 2.89. The van der Waals surface area contributed by atoms with Crippen LogP contribution in [0.5, 0.6) is 0 Å². The summed E-state index contributed by atoms with van der Waals surface area (Å²) in [6, 6.07) is 4.20. The van der Waals surface area contributed by atoms with Gasteiger partial charge < -0.3 is 0 Å². The van der Waals surface area contributed by atoms with Gasteiger partial charge >= 0.3 is 0 Å². The third-order valence-electron chi connectivity index (χ3n) is 1.59. The Balaban J connectivity index is 2.96. The Kier molecular flexibility index (Phi) is 2.10. The average molecular weight is 133 g/mol. The van der Waals surface area contributed by atoms with Crippen LogP contribution in [0.4, 0.5) is 0 Å². The van der Waals surface area contributed by atoms with E-state index in [0.29, 0.717) is 5.92 Å². The maximum Gasteiger partial charge on any atom is 0.163 e. The summed E-state index contributed by atoms with van der Waals surface area (Å²) in [6.45, 7) is 4.38. The third-order valence-corrected chi connectivity index (χ3v) is 1.59. The van der Waals surface area contributed by atoms with Gasteiger partial charge in [0.25, 0.3) is 0 Å². The molecule has 0 saturated carbocycles. The molecule has 0 bridgehead atoms. The van der Waals surface area contributed by atoms with Gasteiger partial charge in [-0.1, -0.05) is 13.8 Å². The summed E-state index contributed by atoms with van der Waals surface area (Å²) in [5.41, 5.74) is 2.47. The third kappa shape index (κ3) is 1.60. The molecule has 0 aliphatic rings. The van der Waals surface area contributed by atoms with Crippen LogP contribution < -0.4 is 5.59 Å². The minimum absolute atomic E-state index is 0.613. The van der Waals surface area contributed by atoms with Crippen molar-refractivity contribution in [3.8, 4) is 0 Å². The lowest BCUT2D eigenvalue weighted by molar-refractivity contribution is 0.865. The fourth-order valence-electron chi connectivity index (χ4n) is 0.927. The smallest absolute Gasteiger partial charge is 0.163 e. The van der Waals surface area contributed by atoms with Gasteiger partial charge in [0.1, 0.15) is 0 Å². The molecule has 0 N–H and O–H groups in total. The molecule has 1 rings (SSSR count). The average Bonchev–Trinajstić information content (AvgIpc) is 1.88. The molecular weight excluding hydrogens is 121 g/mol. The monoisotopic (exact) mass is 133 g/mol. The fourth-order valence-corrected chi connectivity index (χ4v) is 0.927. The van der Waals surface area contributed by atoms with Gasteiger partial charge in [-0.3, -0.25) is 4.98 Å². The minimum Gasteiger partial charge on any atom is -0.272 e. The highest BCUT2D eigenvalue weighted by Gasteiger charge is 1.96. The number of aromatic nitrogens is 1. The Hall–Kier alpha value is -0.785. The summed E-state index contributed by atoms with van der Waals surface area (Å²) in [5.74, 6) is 0.613. The van der Waals surface area contributed by atoms with E-state index in [1.54, 1.807) is 0 Å². The minimum atomic E-state index is 0.613. The first-order valence-electron chi connectivity index (χ1n) is 3.62. The molecule has 0 radical (unpaired) electrons. The van der Waals surface area contributed by atoms with E-state index >= 15 is 0 Å². The van der Waals surface area contributed by atoms with E-state index in [4.69, 9.17) is 0 Å². The molecule has 0 unspecified atom stereocenters. The summed E-state index contributed by atoms with van der Waals surface area (Å²) in [5, 5.41) is 0. The van der Waals surface area contributed by atoms with Crippen LogP contribution in [0.25, 0.3) is 0 Å². The van der Waals surface area contributed by atoms with E-state index in [1.165, 1.54) is 5.56 Å². The van der Waals surface area contributed by atoms with Crippen molar-refractivity contribution in [1.82, 2.24) is 4.98 Å². The highest BCUT2D eigenvalue weighted by atomic mass is 14.6. The summed E-state index contributed by atoms with van der Waals surface area (Å²) in [6.07, 6.45) is 1.87. The van der Waals surface area contributed by atoms with Gasteiger partial charge in [0.2, 0.25) is 0 Å².